The fraction of sp³-hybridized carbons (Fsp3) is 0.950. The lowest BCUT2D eigenvalue weighted by Crippen LogP contribution is -2.39. The van der Waals surface area contributed by atoms with Gasteiger partial charge in [-0.1, -0.05) is 27.7 Å². The number of hydrogen-bond donors (Lipinski definition) is 1. The number of amides is 1. The van der Waals surface area contributed by atoms with Crippen LogP contribution in [0.4, 0.5) is 0 Å². The number of likely N-dealkylation sites (tertiary alicyclic amines) is 1. The van der Waals surface area contributed by atoms with E-state index in [1.807, 2.05) is 4.90 Å². The molecule has 6 heteroatoms. The Morgan fingerprint density at radius 3 is 2.00 bits per heavy atom. The quantitative estimate of drug-likeness (QED) is 0.474. The SMILES string of the molecule is CC(C)NCCOCCOCCOCCC(=O)N1CCC(C(C)C)CC1. The van der Waals surface area contributed by atoms with Crippen LogP contribution >= 0.6 is 0 Å². The lowest BCUT2D eigenvalue weighted by Gasteiger charge is -2.34. The van der Waals surface area contributed by atoms with Gasteiger partial charge in [-0.3, -0.25) is 4.79 Å². The molecule has 0 aromatic carbocycles. The van der Waals surface area contributed by atoms with E-state index < -0.39 is 0 Å². The summed E-state index contributed by atoms with van der Waals surface area (Å²) in [4.78, 5) is 14.2. The first-order valence-corrected chi connectivity index (χ1v) is 10.2. The number of carbonyl (C=O) groups is 1. The number of ether oxygens (including phenoxy) is 3. The summed E-state index contributed by atoms with van der Waals surface area (Å²) in [6, 6.07) is 0.491. The Morgan fingerprint density at radius 2 is 1.46 bits per heavy atom. The third-order valence-electron chi connectivity index (χ3n) is 4.84. The molecule has 1 N–H and O–H groups in total. The standard InChI is InChI=1S/C20H40N2O4/c1-17(2)19-5-9-22(10-6-19)20(23)7-11-24-13-15-26-16-14-25-12-8-21-18(3)4/h17-19,21H,5-16H2,1-4H3. The Labute approximate surface area is 159 Å². The Kier molecular flexibility index (Phi) is 12.9. The van der Waals surface area contributed by atoms with Crippen LogP contribution in [0.3, 0.4) is 0 Å². The van der Waals surface area contributed by atoms with Crippen molar-refractivity contribution in [3.63, 3.8) is 0 Å². The van der Waals surface area contributed by atoms with Gasteiger partial charge in [-0.25, -0.2) is 0 Å². The maximum Gasteiger partial charge on any atom is 0.224 e. The summed E-state index contributed by atoms with van der Waals surface area (Å²) in [5, 5.41) is 3.29. The third kappa shape index (κ3) is 11.1. The molecule has 1 saturated heterocycles. The second-order valence-corrected chi connectivity index (χ2v) is 7.66. The van der Waals surface area contributed by atoms with E-state index in [-0.39, 0.29) is 5.91 Å². The van der Waals surface area contributed by atoms with Gasteiger partial charge in [0.1, 0.15) is 0 Å². The number of nitrogens with one attached hydrogen (secondary N) is 1. The van der Waals surface area contributed by atoms with Crippen molar-refractivity contribution in [2.75, 3.05) is 59.3 Å². The van der Waals surface area contributed by atoms with Crippen molar-refractivity contribution < 1.29 is 19.0 Å². The molecule has 0 aromatic rings. The highest BCUT2D eigenvalue weighted by molar-refractivity contribution is 5.76. The summed E-state index contributed by atoms with van der Waals surface area (Å²) in [5.74, 6) is 1.71. The molecule has 1 rings (SSSR count). The van der Waals surface area contributed by atoms with Crippen LogP contribution in [0.25, 0.3) is 0 Å². The van der Waals surface area contributed by atoms with Crippen LogP contribution in [0.2, 0.25) is 0 Å². The minimum Gasteiger partial charge on any atom is -0.379 e. The number of hydrogen-bond acceptors (Lipinski definition) is 5. The van der Waals surface area contributed by atoms with Crippen LogP contribution in [-0.2, 0) is 19.0 Å². The highest BCUT2D eigenvalue weighted by Crippen LogP contribution is 2.24. The predicted octanol–water partition coefficient (Wildman–Crippen LogP) is 2.32. The highest BCUT2D eigenvalue weighted by Gasteiger charge is 2.24. The molecule has 0 radical (unpaired) electrons. The van der Waals surface area contributed by atoms with Gasteiger partial charge in [0, 0.05) is 25.7 Å². The Bertz CT molecular complexity index is 356. The topological polar surface area (TPSA) is 60.0 Å². The van der Waals surface area contributed by atoms with Gasteiger partial charge in [0.15, 0.2) is 0 Å². The fourth-order valence-electron chi connectivity index (χ4n) is 3.09. The minimum absolute atomic E-state index is 0.219. The van der Waals surface area contributed by atoms with Gasteiger partial charge in [-0.2, -0.15) is 0 Å². The molecule has 0 aliphatic carbocycles. The van der Waals surface area contributed by atoms with Gasteiger partial charge in [0.25, 0.3) is 0 Å². The first-order chi connectivity index (χ1) is 12.5. The van der Waals surface area contributed by atoms with E-state index >= 15 is 0 Å². The molecule has 6 nitrogen and oxygen atoms in total. The van der Waals surface area contributed by atoms with Gasteiger partial charge in [0.2, 0.25) is 5.91 Å². The lowest BCUT2D eigenvalue weighted by molar-refractivity contribution is -0.134. The number of rotatable bonds is 14. The first kappa shape index (κ1) is 23.3. The van der Waals surface area contributed by atoms with Crippen LogP contribution < -0.4 is 5.32 Å². The van der Waals surface area contributed by atoms with E-state index in [1.54, 1.807) is 0 Å². The molecule has 0 atom stereocenters. The van der Waals surface area contributed by atoms with E-state index in [0.29, 0.717) is 52.1 Å². The molecule has 0 aromatic heterocycles. The van der Waals surface area contributed by atoms with Crippen molar-refractivity contribution in [2.24, 2.45) is 11.8 Å². The molecule has 1 fully saturated rings. The maximum absolute atomic E-state index is 12.2. The summed E-state index contributed by atoms with van der Waals surface area (Å²) in [6.07, 6.45) is 2.74. The second kappa shape index (κ2) is 14.4. The van der Waals surface area contributed by atoms with Gasteiger partial charge in [-0.15, -0.1) is 0 Å². The Balaban J connectivity index is 1.86. The molecule has 154 valence electrons. The zero-order chi connectivity index (χ0) is 19.2. The van der Waals surface area contributed by atoms with Crippen molar-refractivity contribution in [3.05, 3.63) is 0 Å². The first-order valence-electron chi connectivity index (χ1n) is 10.2. The molecule has 26 heavy (non-hydrogen) atoms. The average Bonchev–Trinajstić information content (AvgIpc) is 2.62. The molecule has 0 saturated carbocycles. The molecule has 1 aliphatic rings. The number of carbonyl (C=O) groups excluding carboxylic acids is 1. The predicted molar refractivity (Wildman–Crippen MR) is 104 cm³/mol. The van der Waals surface area contributed by atoms with Crippen LogP contribution in [0, 0.1) is 11.8 Å². The van der Waals surface area contributed by atoms with E-state index in [0.717, 1.165) is 44.3 Å². The number of piperidine rings is 1. The third-order valence-corrected chi connectivity index (χ3v) is 4.84. The summed E-state index contributed by atoms with van der Waals surface area (Å²) in [7, 11) is 0. The molecule has 0 bridgehead atoms. The van der Waals surface area contributed by atoms with Crippen LogP contribution in [0.1, 0.15) is 47.0 Å². The highest BCUT2D eigenvalue weighted by atomic mass is 16.5. The van der Waals surface area contributed by atoms with Gasteiger partial charge >= 0.3 is 0 Å². The van der Waals surface area contributed by atoms with Gasteiger partial charge in [-0.05, 0) is 24.7 Å². The van der Waals surface area contributed by atoms with Crippen LogP contribution in [-0.4, -0.2) is 76.1 Å². The van der Waals surface area contributed by atoms with Gasteiger partial charge < -0.3 is 24.4 Å². The Morgan fingerprint density at radius 1 is 0.923 bits per heavy atom. The average molecular weight is 373 g/mol. The zero-order valence-corrected chi connectivity index (χ0v) is 17.3. The van der Waals surface area contributed by atoms with Crippen molar-refractivity contribution in [2.45, 2.75) is 53.0 Å². The summed E-state index contributed by atoms with van der Waals surface area (Å²) in [6.45, 7) is 14.9. The monoisotopic (exact) mass is 372 g/mol. The van der Waals surface area contributed by atoms with Gasteiger partial charge in [0.05, 0.1) is 46.1 Å². The van der Waals surface area contributed by atoms with E-state index in [1.165, 1.54) is 0 Å². The smallest absolute Gasteiger partial charge is 0.224 e. The lowest BCUT2D eigenvalue weighted by atomic mass is 9.86. The van der Waals surface area contributed by atoms with E-state index in [4.69, 9.17) is 14.2 Å². The molecular formula is C20H40N2O4. The molecule has 1 amide bonds. The summed E-state index contributed by atoms with van der Waals surface area (Å²) < 4.78 is 16.4. The summed E-state index contributed by atoms with van der Waals surface area (Å²) >= 11 is 0. The minimum atomic E-state index is 0.219. The molecule has 0 spiro atoms. The summed E-state index contributed by atoms with van der Waals surface area (Å²) in [5.41, 5.74) is 0. The number of nitrogens with zero attached hydrogens (tertiary/aromatic N) is 1. The van der Waals surface area contributed by atoms with Crippen molar-refractivity contribution >= 4 is 5.91 Å². The fourth-order valence-corrected chi connectivity index (χ4v) is 3.09. The van der Waals surface area contributed by atoms with Crippen molar-refractivity contribution in [1.82, 2.24) is 10.2 Å². The van der Waals surface area contributed by atoms with E-state index in [9.17, 15) is 4.79 Å². The molecular weight excluding hydrogens is 332 g/mol. The molecule has 1 aliphatic heterocycles. The molecule has 0 unspecified atom stereocenters. The largest absolute Gasteiger partial charge is 0.379 e. The molecule has 1 heterocycles. The normalized spacial score (nSPS) is 16.0. The van der Waals surface area contributed by atoms with Crippen molar-refractivity contribution in [3.8, 4) is 0 Å². The van der Waals surface area contributed by atoms with Crippen LogP contribution in [0.15, 0.2) is 0 Å². The zero-order valence-electron chi connectivity index (χ0n) is 17.3. The van der Waals surface area contributed by atoms with Crippen molar-refractivity contribution in [1.29, 1.82) is 0 Å². The van der Waals surface area contributed by atoms with Crippen LogP contribution in [0.5, 0.6) is 0 Å². The Hall–Kier alpha value is -0.690. The second-order valence-electron chi connectivity index (χ2n) is 7.66. The maximum atomic E-state index is 12.2. The van der Waals surface area contributed by atoms with E-state index in [2.05, 4.69) is 33.0 Å².